The van der Waals surface area contributed by atoms with Gasteiger partial charge < -0.3 is 4.90 Å². The molecule has 1 aromatic carbocycles. The van der Waals surface area contributed by atoms with Crippen molar-refractivity contribution in [3.63, 3.8) is 0 Å². The first-order valence-electron chi connectivity index (χ1n) is 8.71. The van der Waals surface area contributed by atoms with Crippen LogP contribution in [0.3, 0.4) is 0 Å². The standard InChI is InChI=1S/C21H27N.ClH/c1-20(2,3)11-9-17-15-10-12-21(14-22(4)13-19(17)21)18-8-6-5-7-16(15)18;/h5-8,15,17,19H,10,12-14H2,1-4H3;1H. The van der Waals surface area contributed by atoms with Crippen molar-refractivity contribution >= 4 is 12.4 Å². The number of halogens is 1. The fraction of sp³-hybridized carbons (Fsp3) is 0.619. The summed E-state index contributed by atoms with van der Waals surface area (Å²) in [4.78, 5) is 2.54. The van der Waals surface area contributed by atoms with Crippen molar-refractivity contribution in [2.75, 3.05) is 20.1 Å². The van der Waals surface area contributed by atoms with E-state index >= 15 is 0 Å². The van der Waals surface area contributed by atoms with Crippen LogP contribution in [0.5, 0.6) is 0 Å². The molecule has 1 aliphatic heterocycles. The van der Waals surface area contributed by atoms with Gasteiger partial charge in [0.05, 0.1) is 0 Å². The molecular weight excluding hydrogens is 302 g/mol. The van der Waals surface area contributed by atoms with Gasteiger partial charge in [0.1, 0.15) is 0 Å². The minimum Gasteiger partial charge on any atom is -0.305 e. The monoisotopic (exact) mass is 329 g/mol. The molecule has 0 aromatic heterocycles. The lowest BCUT2D eigenvalue weighted by atomic mass is 9.50. The fourth-order valence-electron chi connectivity index (χ4n) is 5.31. The molecule has 124 valence electrons. The number of nitrogens with zero attached hydrogens (tertiary/aromatic N) is 1. The minimum absolute atomic E-state index is 0. The minimum atomic E-state index is 0. The lowest BCUT2D eigenvalue weighted by Crippen LogP contribution is -2.50. The van der Waals surface area contributed by atoms with Crippen LogP contribution < -0.4 is 0 Å². The quantitative estimate of drug-likeness (QED) is 0.635. The molecule has 4 aliphatic rings. The van der Waals surface area contributed by atoms with Crippen LogP contribution in [0.2, 0.25) is 0 Å². The molecule has 0 N–H and O–H groups in total. The van der Waals surface area contributed by atoms with E-state index in [0.29, 0.717) is 17.3 Å². The summed E-state index contributed by atoms with van der Waals surface area (Å²) in [5, 5.41) is 0. The maximum Gasteiger partial charge on any atom is 0.0321 e. The van der Waals surface area contributed by atoms with Crippen LogP contribution in [0.1, 0.15) is 50.7 Å². The average Bonchev–Trinajstić information content (AvgIpc) is 2.81. The van der Waals surface area contributed by atoms with Crippen LogP contribution in [-0.2, 0) is 5.41 Å². The molecule has 4 atom stereocenters. The fourth-order valence-corrected chi connectivity index (χ4v) is 5.31. The number of benzene rings is 1. The number of hydrogen-bond donors (Lipinski definition) is 0. The summed E-state index contributed by atoms with van der Waals surface area (Å²) in [6.45, 7) is 9.12. The first-order chi connectivity index (χ1) is 10.4. The molecule has 1 saturated heterocycles. The van der Waals surface area contributed by atoms with Crippen LogP contribution in [0.4, 0.5) is 0 Å². The lowest BCUT2D eigenvalue weighted by Gasteiger charge is -2.53. The molecule has 1 saturated carbocycles. The largest absolute Gasteiger partial charge is 0.305 e. The van der Waals surface area contributed by atoms with Crippen molar-refractivity contribution in [2.45, 2.75) is 44.9 Å². The smallest absolute Gasteiger partial charge is 0.0321 e. The molecule has 2 bridgehead atoms. The number of rotatable bonds is 0. The van der Waals surface area contributed by atoms with Crippen molar-refractivity contribution in [1.82, 2.24) is 4.90 Å². The first-order valence-corrected chi connectivity index (χ1v) is 8.71. The molecule has 2 heteroatoms. The Morgan fingerprint density at radius 1 is 1.22 bits per heavy atom. The highest BCUT2D eigenvalue weighted by Gasteiger charge is 2.58. The van der Waals surface area contributed by atoms with E-state index in [4.69, 9.17) is 0 Å². The highest BCUT2D eigenvalue weighted by molar-refractivity contribution is 5.85. The Bertz CT molecular complexity index is 662. The Kier molecular flexibility index (Phi) is 4.06. The average molecular weight is 330 g/mol. The molecule has 1 spiro atoms. The van der Waals surface area contributed by atoms with E-state index < -0.39 is 0 Å². The summed E-state index contributed by atoms with van der Waals surface area (Å²) >= 11 is 0. The van der Waals surface area contributed by atoms with Crippen LogP contribution >= 0.6 is 12.4 Å². The lowest BCUT2D eigenvalue weighted by molar-refractivity contribution is 0.145. The van der Waals surface area contributed by atoms with Gasteiger partial charge in [-0.15, -0.1) is 12.4 Å². The van der Waals surface area contributed by atoms with Crippen molar-refractivity contribution in [3.8, 4) is 11.8 Å². The first kappa shape index (κ1) is 16.9. The van der Waals surface area contributed by atoms with E-state index in [1.807, 2.05) is 0 Å². The SMILES string of the molecule is CN1CC2C(C#CC(C)(C)C)C3CCC2(C1)c1ccccc13.Cl. The molecule has 2 fully saturated rings. The van der Waals surface area contributed by atoms with Gasteiger partial charge in [0.2, 0.25) is 0 Å². The number of fused-ring (bicyclic) bond motifs is 1. The Morgan fingerprint density at radius 3 is 2.70 bits per heavy atom. The van der Waals surface area contributed by atoms with Gasteiger partial charge in [-0.3, -0.25) is 0 Å². The summed E-state index contributed by atoms with van der Waals surface area (Å²) in [6.07, 6.45) is 2.68. The van der Waals surface area contributed by atoms with Gasteiger partial charge in [-0.05, 0) is 63.6 Å². The van der Waals surface area contributed by atoms with Crippen molar-refractivity contribution in [3.05, 3.63) is 35.4 Å². The predicted molar refractivity (Wildman–Crippen MR) is 99.1 cm³/mol. The Morgan fingerprint density at radius 2 is 1.96 bits per heavy atom. The van der Waals surface area contributed by atoms with Crippen LogP contribution in [0, 0.1) is 29.1 Å². The zero-order chi connectivity index (χ0) is 15.5. The third kappa shape index (κ3) is 2.51. The number of likely N-dealkylation sites (N-methyl/N-ethyl adjacent to an activating group) is 1. The highest BCUT2D eigenvalue weighted by atomic mass is 35.5. The van der Waals surface area contributed by atoms with Crippen molar-refractivity contribution in [1.29, 1.82) is 0 Å². The van der Waals surface area contributed by atoms with Crippen LogP contribution in [-0.4, -0.2) is 25.0 Å². The zero-order valence-electron chi connectivity index (χ0n) is 14.7. The van der Waals surface area contributed by atoms with Gasteiger partial charge >= 0.3 is 0 Å². The topological polar surface area (TPSA) is 3.24 Å². The zero-order valence-corrected chi connectivity index (χ0v) is 15.5. The van der Waals surface area contributed by atoms with Gasteiger partial charge in [-0.1, -0.05) is 36.1 Å². The Labute approximate surface area is 147 Å². The third-order valence-corrected chi connectivity index (χ3v) is 6.05. The predicted octanol–water partition coefficient (Wildman–Crippen LogP) is 4.46. The van der Waals surface area contributed by atoms with Gasteiger partial charge in [-0.25, -0.2) is 0 Å². The van der Waals surface area contributed by atoms with E-state index in [0.717, 1.165) is 5.92 Å². The second-order valence-corrected chi connectivity index (χ2v) is 8.74. The molecular formula is C21H28ClN. The number of likely N-dealkylation sites (tertiary alicyclic amines) is 1. The van der Waals surface area contributed by atoms with E-state index in [2.05, 4.69) is 68.8 Å². The summed E-state index contributed by atoms with van der Waals surface area (Å²) in [5.41, 5.74) is 3.73. The van der Waals surface area contributed by atoms with E-state index in [-0.39, 0.29) is 17.8 Å². The van der Waals surface area contributed by atoms with Gasteiger partial charge in [0, 0.05) is 29.8 Å². The van der Waals surface area contributed by atoms with Crippen molar-refractivity contribution < 1.29 is 0 Å². The molecule has 1 heterocycles. The summed E-state index contributed by atoms with van der Waals surface area (Å²) in [6, 6.07) is 9.24. The molecule has 1 aromatic rings. The van der Waals surface area contributed by atoms with Gasteiger partial charge in [0.15, 0.2) is 0 Å². The second kappa shape index (κ2) is 5.54. The van der Waals surface area contributed by atoms with Crippen molar-refractivity contribution in [2.24, 2.45) is 17.3 Å². The third-order valence-electron chi connectivity index (χ3n) is 6.05. The van der Waals surface area contributed by atoms with E-state index in [9.17, 15) is 0 Å². The molecule has 0 radical (unpaired) electrons. The summed E-state index contributed by atoms with van der Waals surface area (Å²) in [5.74, 6) is 9.24. The van der Waals surface area contributed by atoms with E-state index in [1.54, 1.807) is 11.1 Å². The summed E-state index contributed by atoms with van der Waals surface area (Å²) < 4.78 is 0. The van der Waals surface area contributed by atoms with Gasteiger partial charge in [0.25, 0.3) is 0 Å². The molecule has 3 aliphatic carbocycles. The molecule has 5 rings (SSSR count). The molecule has 23 heavy (non-hydrogen) atoms. The van der Waals surface area contributed by atoms with Gasteiger partial charge in [-0.2, -0.15) is 0 Å². The molecule has 0 amide bonds. The Balaban J connectivity index is 0.00000156. The maximum absolute atomic E-state index is 3.74. The number of hydrogen-bond acceptors (Lipinski definition) is 1. The molecule has 1 nitrogen and oxygen atoms in total. The van der Waals surface area contributed by atoms with Crippen LogP contribution in [0.15, 0.2) is 24.3 Å². The normalized spacial score (nSPS) is 34.9. The highest BCUT2D eigenvalue weighted by Crippen LogP contribution is 2.61. The second-order valence-electron chi connectivity index (χ2n) is 8.74. The van der Waals surface area contributed by atoms with E-state index in [1.165, 1.54) is 25.9 Å². The maximum atomic E-state index is 3.74. The summed E-state index contributed by atoms with van der Waals surface area (Å²) in [7, 11) is 2.29. The molecule has 4 unspecified atom stereocenters. The Hall–Kier alpha value is -0.970. The van der Waals surface area contributed by atoms with Crippen LogP contribution in [0.25, 0.3) is 0 Å².